The molecule has 7 heteroatoms. The van der Waals surface area contributed by atoms with Gasteiger partial charge in [-0.2, -0.15) is 0 Å². The highest BCUT2D eigenvalue weighted by Crippen LogP contribution is 2.33. The minimum absolute atomic E-state index is 0.0387. The number of aryl methyl sites for hydroxylation is 1. The van der Waals surface area contributed by atoms with E-state index in [1.54, 1.807) is 24.3 Å². The summed E-state index contributed by atoms with van der Waals surface area (Å²) < 4.78 is 28.1. The maximum atomic E-state index is 13.3. The third kappa shape index (κ3) is 3.86. The minimum atomic E-state index is -3.83. The molecular formula is C22H19ClN2O3S. The van der Waals surface area contributed by atoms with Gasteiger partial charge in [0.25, 0.3) is 15.9 Å². The molecule has 1 aliphatic rings. The predicted molar refractivity (Wildman–Crippen MR) is 115 cm³/mol. The molecule has 0 saturated carbocycles. The SMILES string of the molecule is O=C(Nc1ccccc1)c1cc(S(=O)(=O)N2CCCc3ccccc32)ccc1Cl. The first-order valence-electron chi connectivity index (χ1n) is 9.23. The highest BCUT2D eigenvalue weighted by molar-refractivity contribution is 7.92. The van der Waals surface area contributed by atoms with E-state index in [-0.39, 0.29) is 15.5 Å². The van der Waals surface area contributed by atoms with Crippen LogP contribution in [0.4, 0.5) is 11.4 Å². The lowest BCUT2D eigenvalue weighted by atomic mass is 10.0. The Kier molecular flexibility index (Phi) is 5.30. The molecule has 148 valence electrons. The minimum Gasteiger partial charge on any atom is -0.322 e. The fourth-order valence-electron chi connectivity index (χ4n) is 3.43. The fourth-order valence-corrected chi connectivity index (χ4v) is 5.21. The molecule has 0 radical (unpaired) electrons. The number of benzene rings is 3. The summed E-state index contributed by atoms with van der Waals surface area (Å²) in [4.78, 5) is 12.7. The zero-order chi connectivity index (χ0) is 20.4. The van der Waals surface area contributed by atoms with E-state index in [0.717, 1.165) is 18.4 Å². The van der Waals surface area contributed by atoms with E-state index in [2.05, 4.69) is 5.32 Å². The Balaban J connectivity index is 1.69. The van der Waals surface area contributed by atoms with Gasteiger partial charge < -0.3 is 5.32 Å². The molecule has 3 aromatic rings. The van der Waals surface area contributed by atoms with Crippen LogP contribution in [-0.2, 0) is 16.4 Å². The maximum absolute atomic E-state index is 13.3. The van der Waals surface area contributed by atoms with Crippen molar-refractivity contribution in [1.82, 2.24) is 0 Å². The molecule has 29 heavy (non-hydrogen) atoms. The number of rotatable bonds is 4. The number of carbonyl (C=O) groups excluding carboxylic acids is 1. The zero-order valence-electron chi connectivity index (χ0n) is 15.5. The second kappa shape index (κ2) is 7.89. The zero-order valence-corrected chi connectivity index (χ0v) is 17.1. The van der Waals surface area contributed by atoms with Crippen molar-refractivity contribution < 1.29 is 13.2 Å². The smallest absolute Gasteiger partial charge is 0.264 e. The Hall–Kier alpha value is -2.83. The summed E-state index contributed by atoms with van der Waals surface area (Å²) in [5, 5.41) is 2.93. The van der Waals surface area contributed by atoms with Gasteiger partial charge in [-0.25, -0.2) is 8.42 Å². The number of hydrogen-bond acceptors (Lipinski definition) is 3. The molecule has 0 aromatic heterocycles. The first kappa shape index (κ1) is 19.5. The average molecular weight is 427 g/mol. The van der Waals surface area contributed by atoms with Crippen LogP contribution in [0.3, 0.4) is 0 Å². The van der Waals surface area contributed by atoms with E-state index < -0.39 is 15.9 Å². The van der Waals surface area contributed by atoms with Gasteiger partial charge in [0, 0.05) is 12.2 Å². The Morgan fingerprint density at radius 1 is 0.966 bits per heavy atom. The first-order chi connectivity index (χ1) is 14.0. The van der Waals surface area contributed by atoms with Crippen molar-refractivity contribution in [3.8, 4) is 0 Å². The summed E-state index contributed by atoms with van der Waals surface area (Å²) in [6, 6.07) is 20.6. The van der Waals surface area contributed by atoms with E-state index >= 15 is 0 Å². The fraction of sp³-hybridized carbons (Fsp3) is 0.136. The van der Waals surface area contributed by atoms with Crippen LogP contribution in [0.5, 0.6) is 0 Å². The summed E-state index contributed by atoms with van der Waals surface area (Å²) in [7, 11) is -3.83. The Morgan fingerprint density at radius 3 is 2.48 bits per heavy atom. The molecule has 4 rings (SSSR count). The molecule has 0 spiro atoms. The van der Waals surface area contributed by atoms with Crippen LogP contribution in [0.25, 0.3) is 0 Å². The van der Waals surface area contributed by atoms with E-state index in [0.29, 0.717) is 17.9 Å². The van der Waals surface area contributed by atoms with Gasteiger partial charge in [-0.3, -0.25) is 9.10 Å². The summed E-state index contributed by atoms with van der Waals surface area (Å²) in [5.74, 6) is -0.461. The van der Waals surface area contributed by atoms with Crippen molar-refractivity contribution in [1.29, 1.82) is 0 Å². The number of para-hydroxylation sites is 2. The van der Waals surface area contributed by atoms with Crippen molar-refractivity contribution in [3.05, 3.63) is 88.9 Å². The molecule has 0 saturated heterocycles. The van der Waals surface area contributed by atoms with Gasteiger partial charge in [0.1, 0.15) is 0 Å². The molecule has 1 N–H and O–H groups in total. The van der Waals surface area contributed by atoms with E-state index in [1.807, 2.05) is 30.3 Å². The number of fused-ring (bicyclic) bond motifs is 1. The van der Waals surface area contributed by atoms with E-state index in [1.165, 1.54) is 22.5 Å². The van der Waals surface area contributed by atoms with Gasteiger partial charge >= 0.3 is 0 Å². The van der Waals surface area contributed by atoms with Crippen LogP contribution >= 0.6 is 11.6 Å². The lowest BCUT2D eigenvalue weighted by molar-refractivity contribution is 0.102. The highest BCUT2D eigenvalue weighted by Gasteiger charge is 2.29. The van der Waals surface area contributed by atoms with Crippen LogP contribution in [0, 0.1) is 0 Å². The van der Waals surface area contributed by atoms with Crippen molar-refractivity contribution in [2.24, 2.45) is 0 Å². The first-order valence-corrected chi connectivity index (χ1v) is 11.1. The highest BCUT2D eigenvalue weighted by atomic mass is 35.5. The lowest BCUT2D eigenvalue weighted by Gasteiger charge is -2.30. The summed E-state index contributed by atoms with van der Waals surface area (Å²) in [5.41, 5.74) is 2.40. The molecule has 0 unspecified atom stereocenters. The number of nitrogens with one attached hydrogen (secondary N) is 1. The second-order valence-electron chi connectivity index (χ2n) is 6.77. The maximum Gasteiger partial charge on any atom is 0.264 e. The van der Waals surface area contributed by atoms with Crippen LogP contribution in [0.2, 0.25) is 5.02 Å². The molecule has 1 amide bonds. The van der Waals surface area contributed by atoms with Crippen molar-refractivity contribution in [2.75, 3.05) is 16.2 Å². The summed E-state index contributed by atoms with van der Waals surface area (Å²) >= 11 is 6.20. The summed E-state index contributed by atoms with van der Waals surface area (Å²) in [6.45, 7) is 0.396. The van der Waals surface area contributed by atoms with Gasteiger partial charge in [0.2, 0.25) is 0 Å². The molecule has 5 nitrogen and oxygen atoms in total. The van der Waals surface area contributed by atoms with Crippen LogP contribution in [0.1, 0.15) is 22.3 Å². The van der Waals surface area contributed by atoms with Gasteiger partial charge in [-0.05, 0) is 54.8 Å². The van der Waals surface area contributed by atoms with Gasteiger partial charge in [0.15, 0.2) is 0 Å². The Bertz CT molecular complexity index is 1160. The van der Waals surface area contributed by atoms with Gasteiger partial charge in [0.05, 0.1) is 21.2 Å². The lowest BCUT2D eigenvalue weighted by Crippen LogP contribution is -2.35. The number of anilines is 2. The Labute approximate surface area is 175 Å². The monoisotopic (exact) mass is 426 g/mol. The van der Waals surface area contributed by atoms with Crippen molar-refractivity contribution in [2.45, 2.75) is 17.7 Å². The quantitative estimate of drug-likeness (QED) is 0.655. The average Bonchev–Trinajstić information content (AvgIpc) is 2.74. The third-order valence-electron chi connectivity index (χ3n) is 4.87. The largest absolute Gasteiger partial charge is 0.322 e. The molecule has 0 atom stereocenters. The topological polar surface area (TPSA) is 66.5 Å². The summed E-state index contributed by atoms with van der Waals surface area (Å²) in [6.07, 6.45) is 1.58. The Morgan fingerprint density at radius 2 is 1.69 bits per heavy atom. The molecule has 0 bridgehead atoms. The number of sulfonamides is 1. The molecular weight excluding hydrogens is 408 g/mol. The van der Waals surface area contributed by atoms with Crippen LogP contribution < -0.4 is 9.62 Å². The standard InChI is InChI=1S/C22H19ClN2O3S/c23-20-13-12-18(15-19(20)22(26)24-17-9-2-1-3-10-17)29(27,28)25-14-6-8-16-7-4-5-11-21(16)25/h1-5,7,9-13,15H,6,8,14H2,(H,24,26). The number of nitrogens with zero attached hydrogens (tertiary/aromatic N) is 1. The third-order valence-corrected chi connectivity index (χ3v) is 7.01. The van der Waals surface area contributed by atoms with Gasteiger partial charge in [-0.1, -0.05) is 48.0 Å². The number of hydrogen-bond donors (Lipinski definition) is 1. The molecule has 3 aromatic carbocycles. The molecule has 0 aliphatic carbocycles. The van der Waals surface area contributed by atoms with E-state index in [9.17, 15) is 13.2 Å². The van der Waals surface area contributed by atoms with Crippen molar-refractivity contribution >= 4 is 38.9 Å². The second-order valence-corrected chi connectivity index (χ2v) is 9.04. The number of amides is 1. The van der Waals surface area contributed by atoms with Crippen LogP contribution in [0.15, 0.2) is 77.7 Å². The van der Waals surface area contributed by atoms with Crippen molar-refractivity contribution in [3.63, 3.8) is 0 Å². The number of carbonyl (C=O) groups is 1. The number of halogens is 1. The predicted octanol–water partition coefficient (Wildman–Crippen LogP) is 4.73. The van der Waals surface area contributed by atoms with E-state index in [4.69, 9.17) is 11.6 Å². The molecule has 1 heterocycles. The van der Waals surface area contributed by atoms with Gasteiger partial charge in [-0.15, -0.1) is 0 Å². The normalized spacial score (nSPS) is 13.6. The van der Waals surface area contributed by atoms with Crippen LogP contribution in [-0.4, -0.2) is 20.9 Å². The molecule has 0 fully saturated rings. The molecule has 1 aliphatic heterocycles.